The molecule has 3 rings (SSSR count). The number of nitrogens with zero attached hydrogens (tertiary/aromatic N) is 2. The molecule has 0 spiro atoms. The normalized spacial score (nSPS) is 10.4. The number of nitrogens with two attached hydrogens (primary N) is 1. The number of aromatic nitrogens is 2. The summed E-state index contributed by atoms with van der Waals surface area (Å²) in [6, 6.07) is 19.4. The van der Waals surface area contributed by atoms with Crippen LogP contribution in [0.1, 0.15) is 5.56 Å². The Morgan fingerprint density at radius 1 is 0.900 bits per heavy atom. The summed E-state index contributed by atoms with van der Waals surface area (Å²) in [4.78, 5) is 0. The second kappa shape index (κ2) is 5.48. The van der Waals surface area contributed by atoms with E-state index in [0.29, 0.717) is 12.4 Å². The fourth-order valence-corrected chi connectivity index (χ4v) is 1.94. The molecule has 1 heterocycles. The van der Waals surface area contributed by atoms with E-state index in [-0.39, 0.29) is 0 Å². The first-order valence-electron chi connectivity index (χ1n) is 6.40. The average molecular weight is 265 g/mol. The van der Waals surface area contributed by atoms with Gasteiger partial charge in [-0.2, -0.15) is 5.10 Å². The van der Waals surface area contributed by atoms with Gasteiger partial charge < -0.3 is 10.5 Å². The van der Waals surface area contributed by atoms with Crippen molar-refractivity contribution in [2.45, 2.75) is 6.54 Å². The molecule has 2 aromatic carbocycles. The van der Waals surface area contributed by atoms with E-state index in [2.05, 4.69) is 5.10 Å². The molecule has 1 aromatic heterocycles. The molecule has 0 amide bonds. The van der Waals surface area contributed by atoms with Crippen LogP contribution >= 0.6 is 0 Å². The summed E-state index contributed by atoms with van der Waals surface area (Å²) in [5, 5.41) is 4.16. The van der Waals surface area contributed by atoms with Gasteiger partial charge in [0.15, 0.2) is 0 Å². The molecule has 0 atom stereocenters. The molecule has 0 aliphatic heterocycles. The minimum absolute atomic E-state index is 0.657. The number of anilines is 1. The van der Waals surface area contributed by atoms with E-state index >= 15 is 0 Å². The standard InChI is InChI=1S/C16H15N3O/c17-16-10-11-18-19(16)12-13-6-8-15(9-7-13)20-14-4-2-1-3-5-14/h1-11H,12,17H2. The van der Waals surface area contributed by atoms with Gasteiger partial charge in [-0.25, -0.2) is 4.68 Å². The summed E-state index contributed by atoms with van der Waals surface area (Å²) in [6.45, 7) is 0.657. The van der Waals surface area contributed by atoms with E-state index < -0.39 is 0 Å². The van der Waals surface area contributed by atoms with Gasteiger partial charge in [0.25, 0.3) is 0 Å². The first kappa shape index (κ1) is 12.3. The molecule has 0 fully saturated rings. The van der Waals surface area contributed by atoms with Gasteiger partial charge in [-0.1, -0.05) is 30.3 Å². The van der Waals surface area contributed by atoms with E-state index in [1.165, 1.54) is 0 Å². The molecule has 0 unspecified atom stereocenters. The van der Waals surface area contributed by atoms with Crippen LogP contribution in [0.5, 0.6) is 11.5 Å². The molecule has 4 heteroatoms. The van der Waals surface area contributed by atoms with Gasteiger partial charge in [0.1, 0.15) is 17.3 Å². The minimum Gasteiger partial charge on any atom is -0.457 e. The highest BCUT2D eigenvalue weighted by atomic mass is 16.5. The molecule has 3 aromatic rings. The van der Waals surface area contributed by atoms with Crippen LogP contribution in [0.25, 0.3) is 0 Å². The average Bonchev–Trinajstić information content (AvgIpc) is 2.88. The molecular formula is C16H15N3O. The Morgan fingerprint density at radius 2 is 1.60 bits per heavy atom. The van der Waals surface area contributed by atoms with Crippen molar-refractivity contribution in [1.29, 1.82) is 0 Å². The van der Waals surface area contributed by atoms with E-state index in [4.69, 9.17) is 10.5 Å². The number of hydrogen-bond acceptors (Lipinski definition) is 3. The van der Waals surface area contributed by atoms with E-state index in [0.717, 1.165) is 17.1 Å². The van der Waals surface area contributed by atoms with E-state index in [1.54, 1.807) is 16.9 Å². The quantitative estimate of drug-likeness (QED) is 0.787. The van der Waals surface area contributed by atoms with Gasteiger partial charge in [-0.05, 0) is 35.9 Å². The van der Waals surface area contributed by atoms with Crippen molar-refractivity contribution in [3.8, 4) is 11.5 Å². The zero-order valence-electron chi connectivity index (χ0n) is 10.9. The van der Waals surface area contributed by atoms with Gasteiger partial charge in [0.05, 0.1) is 12.7 Å². The molecular weight excluding hydrogens is 250 g/mol. The van der Waals surface area contributed by atoms with Crippen LogP contribution in [0, 0.1) is 0 Å². The fraction of sp³-hybridized carbons (Fsp3) is 0.0625. The van der Waals surface area contributed by atoms with Crippen molar-refractivity contribution in [1.82, 2.24) is 9.78 Å². The van der Waals surface area contributed by atoms with E-state index in [1.807, 2.05) is 54.6 Å². The second-order valence-electron chi connectivity index (χ2n) is 4.47. The van der Waals surface area contributed by atoms with Crippen LogP contribution in [0.4, 0.5) is 5.82 Å². The zero-order valence-corrected chi connectivity index (χ0v) is 10.9. The molecule has 2 N–H and O–H groups in total. The third-order valence-electron chi connectivity index (χ3n) is 2.98. The maximum atomic E-state index is 5.80. The van der Waals surface area contributed by atoms with Crippen molar-refractivity contribution in [2.24, 2.45) is 0 Å². The lowest BCUT2D eigenvalue weighted by Gasteiger charge is -2.07. The lowest BCUT2D eigenvalue weighted by atomic mass is 10.2. The Labute approximate surface area is 117 Å². The molecule has 0 aliphatic carbocycles. The lowest BCUT2D eigenvalue weighted by Crippen LogP contribution is -2.05. The molecule has 4 nitrogen and oxygen atoms in total. The van der Waals surface area contributed by atoms with Gasteiger partial charge in [0, 0.05) is 0 Å². The molecule has 0 saturated heterocycles. The predicted molar refractivity (Wildman–Crippen MR) is 78.7 cm³/mol. The first-order valence-corrected chi connectivity index (χ1v) is 6.40. The number of hydrogen-bond donors (Lipinski definition) is 1. The maximum Gasteiger partial charge on any atom is 0.127 e. The number of nitrogen functional groups attached to an aromatic ring is 1. The van der Waals surface area contributed by atoms with Crippen LogP contribution in [-0.2, 0) is 6.54 Å². The summed E-state index contributed by atoms with van der Waals surface area (Å²) in [6.07, 6.45) is 1.70. The Balaban J connectivity index is 1.70. The number of ether oxygens (including phenoxy) is 1. The highest BCUT2D eigenvalue weighted by molar-refractivity contribution is 5.34. The lowest BCUT2D eigenvalue weighted by molar-refractivity contribution is 0.482. The van der Waals surface area contributed by atoms with Crippen molar-refractivity contribution in [3.63, 3.8) is 0 Å². The third-order valence-corrected chi connectivity index (χ3v) is 2.98. The van der Waals surface area contributed by atoms with Gasteiger partial charge in [-0.3, -0.25) is 0 Å². The van der Waals surface area contributed by atoms with E-state index in [9.17, 15) is 0 Å². The van der Waals surface area contributed by atoms with Crippen LogP contribution in [-0.4, -0.2) is 9.78 Å². The maximum absolute atomic E-state index is 5.80. The summed E-state index contributed by atoms with van der Waals surface area (Å²) >= 11 is 0. The van der Waals surface area contributed by atoms with Crippen LogP contribution < -0.4 is 10.5 Å². The van der Waals surface area contributed by atoms with Crippen molar-refractivity contribution >= 4 is 5.82 Å². The molecule has 100 valence electrons. The molecule has 0 radical (unpaired) electrons. The van der Waals surface area contributed by atoms with Crippen molar-refractivity contribution in [2.75, 3.05) is 5.73 Å². The van der Waals surface area contributed by atoms with Crippen molar-refractivity contribution in [3.05, 3.63) is 72.4 Å². The Hall–Kier alpha value is -2.75. The number of benzene rings is 2. The smallest absolute Gasteiger partial charge is 0.127 e. The summed E-state index contributed by atoms with van der Waals surface area (Å²) < 4.78 is 7.50. The third kappa shape index (κ3) is 2.80. The SMILES string of the molecule is Nc1ccnn1Cc1ccc(Oc2ccccc2)cc1. The Morgan fingerprint density at radius 3 is 2.25 bits per heavy atom. The predicted octanol–water partition coefficient (Wildman–Crippen LogP) is 3.31. The monoisotopic (exact) mass is 265 g/mol. The van der Waals surface area contributed by atoms with Gasteiger partial charge >= 0.3 is 0 Å². The highest BCUT2D eigenvalue weighted by Gasteiger charge is 2.01. The molecule has 20 heavy (non-hydrogen) atoms. The minimum atomic E-state index is 0.657. The summed E-state index contributed by atoms with van der Waals surface area (Å²) in [5.41, 5.74) is 6.92. The molecule has 0 saturated carbocycles. The van der Waals surface area contributed by atoms with Crippen LogP contribution in [0.3, 0.4) is 0 Å². The number of para-hydroxylation sites is 1. The largest absolute Gasteiger partial charge is 0.457 e. The summed E-state index contributed by atoms with van der Waals surface area (Å²) in [7, 11) is 0. The second-order valence-corrected chi connectivity index (χ2v) is 4.47. The highest BCUT2D eigenvalue weighted by Crippen LogP contribution is 2.21. The zero-order chi connectivity index (χ0) is 13.8. The van der Waals surface area contributed by atoms with Crippen LogP contribution in [0.2, 0.25) is 0 Å². The fourth-order valence-electron chi connectivity index (χ4n) is 1.94. The first-order chi connectivity index (χ1) is 9.81. The van der Waals surface area contributed by atoms with Gasteiger partial charge in [0.2, 0.25) is 0 Å². The Kier molecular flexibility index (Phi) is 3.37. The van der Waals surface area contributed by atoms with Crippen LogP contribution in [0.15, 0.2) is 66.9 Å². The Bertz CT molecular complexity index is 674. The van der Waals surface area contributed by atoms with Gasteiger partial charge in [-0.15, -0.1) is 0 Å². The molecule has 0 aliphatic rings. The summed E-state index contributed by atoms with van der Waals surface area (Å²) in [5.74, 6) is 2.31. The number of rotatable bonds is 4. The topological polar surface area (TPSA) is 53.1 Å². The van der Waals surface area contributed by atoms with Crippen molar-refractivity contribution < 1.29 is 4.74 Å². The molecule has 0 bridgehead atoms.